The van der Waals surface area contributed by atoms with E-state index in [4.69, 9.17) is 16.3 Å². The Morgan fingerprint density at radius 3 is 3.04 bits per heavy atom. The predicted molar refractivity (Wildman–Crippen MR) is 100 cm³/mol. The van der Waals surface area contributed by atoms with Crippen molar-refractivity contribution in [3.63, 3.8) is 0 Å². The van der Waals surface area contributed by atoms with Gasteiger partial charge in [-0.1, -0.05) is 24.6 Å². The summed E-state index contributed by atoms with van der Waals surface area (Å²) < 4.78 is 6.15. The number of benzene rings is 2. The normalized spacial score (nSPS) is 15.8. The van der Waals surface area contributed by atoms with E-state index in [0.29, 0.717) is 18.0 Å². The summed E-state index contributed by atoms with van der Waals surface area (Å²) in [6, 6.07) is 12.2. The van der Waals surface area contributed by atoms with Crippen LogP contribution in [0.1, 0.15) is 18.9 Å². The SMILES string of the molecule is CCC(=O)NC[C@H]1Cc2cc(Cl)cc(-c3ccc4[nH]ccc4c3)c2O1. The van der Waals surface area contributed by atoms with E-state index in [1.54, 1.807) is 0 Å². The van der Waals surface area contributed by atoms with Gasteiger partial charge in [-0.2, -0.15) is 0 Å². The Morgan fingerprint density at radius 2 is 2.20 bits per heavy atom. The second kappa shape index (κ2) is 6.45. The zero-order chi connectivity index (χ0) is 17.4. The largest absolute Gasteiger partial charge is 0.487 e. The summed E-state index contributed by atoms with van der Waals surface area (Å²) in [6.45, 7) is 2.35. The van der Waals surface area contributed by atoms with E-state index in [1.807, 2.05) is 31.3 Å². The number of nitrogens with one attached hydrogen (secondary N) is 2. The van der Waals surface area contributed by atoms with Crippen molar-refractivity contribution < 1.29 is 9.53 Å². The lowest BCUT2D eigenvalue weighted by molar-refractivity contribution is -0.121. The fourth-order valence-electron chi connectivity index (χ4n) is 3.30. The summed E-state index contributed by atoms with van der Waals surface area (Å²) in [6.07, 6.45) is 3.10. The molecule has 0 aliphatic carbocycles. The lowest BCUT2D eigenvalue weighted by Crippen LogP contribution is -2.33. The molecule has 1 aliphatic rings. The molecule has 0 bridgehead atoms. The van der Waals surface area contributed by atoms with Crippen molar-refractivity contribution in [1.82, 2.24) is 10.3 Å². The molecule has 1 atom stereocenters. The van der Waals surface area contributed by atoms with Crippen molar-refractivity contribution in [2.45, 2.75) is 25.9 Å². The van der Waals surface area contributed by atoms with E-state index in [0.717, 1.165) is 39.8 Å². The van der Waals surface area contributed by atoms with Gasteiger partial charge in [0.25, 0.3) is 0 Å². The van der Waals surface area contributed by atoms with E-state index >= 15 is 0 Å². The first-order valence-electron chi connectivity index (χ1n) is 8.47. The van der Waals surface area contributed by atoms with E-state index in [2.05, 4.69) is 28.5 Å². The predicted octanol–water partition coefficient (Wildman–Crippen LogP) is 4.32. The molecular weight excluding hydrogens is 336 g/mol. The lowest BCUT2D eigenvalue weighted by Gasteiger charge is -2.13. The highest BCUT2D eigenvalue weighted by molar-refractivity contribution is 6.31. The number of halogens is 1. The van der Waals surface area contributed by atoms with Crippen LogP contribution in [0.15, 0.2) is 42.6 Å². The maximum Gasteiger partial charge on any atom is 0.219 e. The Hall–Kier alpha value is -2.46. The average Bonchev–Trinajstić information content (AvgIpc) is 3.24. The van der Waals surface area contributed by atoms with Crippen LogP contribution in [0.3, 0.4) is 0 Å². The molecule has 25 heavy (non-hydrogen) atoms. The highest BCUT2D eigenvalue weighted by Crippen LogP contribution is 2.41. The molecular formula is C20H19ClN2O2. The molecule has 0 saturated heterocycles. The summed E-state index contributed by atoms with van der Waals surface area (Å²) in [5.74, 6) is 0.908. The molecule has 1 aromatic heterocycles. The molecule has 4 rings (SSSR count). The van der Waals surface area contributed by atoms with Gasteiger partial charge in [0.05, 0.1) is 6.54 Å². The number of amides is 1. The van der Waals surface area contributed by atoms with Crippen LogP contribution in [-0.2, 0) is 11.2 Å². The molecule has 0 saturated carbocycles. The van der Waals surface area contributed by atoms with Crippen molar-refractivity contribution in [1.29, 1.82) is 0 Å². The third kappa shape index (κ3) is 3.10. The quantitative estimate of drug-likeness (QED) is 0.733. The lowest BCUT2D eigenvalue weighted by atomic mass is 9.99. The summed E-state index contributed by atoms with van der Waals surface area (Å²) in [7, 11) is 0. The average molecular weight is 355 g/mol. The first-order valence-corrected chi connectivity index (χ1v) is 8.85. The minimum absolute atomic E-state index is 0.0377. The van der Waals surface area contributed by atoms with Crippen LogP contribution in [0.5, 0.6) is 5.75 Å². The number of aromatic amines is 1. The topological polar surface area (TPSA) is 54.1 Å². The molecule has 0 unspecified atom stereocenters. The van der Waals surface area contributed by atoms with Gasteiger partial charge in [0.1, 0.15) is 11.9 Å². The van der Waals surface area contributed by atoms with E-state index in [-0.39, 0.29) is 12.0 Å². The zero-order valence-corrected chi connectivity index (χ0v) is 14.7. The highest BCUT2D eigenvalue weighted by atomic mass is 35.5. The van der Waals surface area contributed by atoms with Crippen molar-refractivity contribution in [3.05, 3.63) is 53.2 Å². The third-order valence-corrected chi connectivity index (χ3v) is 4.79. The number of H-pyrrole nitrogens is 1. The molecule has 1 amide bonds. The monoisotopic (exact) mass is 354 g/mol. The van der Waals surface area contributed by atoms with Gasteiger partial charge >= 0.3 is 0 Å². The molecule has 1 aliphatic heterocycles. The third-order valence-electron chi connectivity index (χ3n) is 4.58. The number of hydrogen-bond acceptors (Lipinski definition) is 2. The molecule has 3 aromatic rings. The van der Waals surface area contributed by atoms with Crippen molar-refractivity contribution in [2.75, 3.05) is 6.54 Å². The standard InChI is InChI=1S/C20H19ClN2O2/c1-2-19(24)23-11-16-9-14-8-15(21)10-17(20(14)25-16)12-3-4-18-13(7-12)5-6-22-18/h3-8,10,16,22H,2,9,11H2,1H3,(H,23,24)/t16-/m1/s1. The number of ether oxygens (including phenoxy) is 1. The second-order valence-corrected chi connectivity index (χ2v) is 6.76. The molecule has 5 heteroatoms. The van der Waals surface area contributed by atoms with Gasteiger partial charge in [-0.25, -0.2) is 0 Å². The van der Waals surface area contributed by atoms with Crippen molar-refractivity contribution >= 4 is 28.4 Å². The number of carbonyl (C=O) groups is 1. The van der Waals surface area contributed by atoms with Gasteiger partial charge in [-0.3, -0.25) is 4.79 Å². The van der Waals surface area contributed by atoms with Gasteiger partial charge in [0.2, 0.25) is 5.91 Å². The van der Waals surface area contributed by atoms with Crippen LogP contribution in [0.25, 0.3) is 22.0 Å². The van der Waals surface area contributed by atoms with Crippen LogP contribution in [0, 0.1) is 0 Å². The number of carbonyl (C=O) groups excluding carboxylic acids is 1. The molecule has 2 aromatic carbocycles. The first kappa shape index (κ1) is 16.0. The first-order chi connectivity index (χ1) is 12.1. The van der Waals surface area contributed by atoms with Gasteiger partial charge in [0.15, 0.2) is 0 Å². The molecule has 4 nitrogen and oxygen atoms in total. The summed E-state index contributed by atoms with van der Waals surface area (Å²) >= 11 is 6.34. The van der Waals surface area contributed by atoms with Crippen molar-refractivity contribution in [2.24, 2.45) is 0 Å². The van der Waals surface area contributed by atoms with E-state index in [9.17, 15) is 4.79 Å². The second-order valence-electron chi connectivity index (χ2n) is 6.32. The van der Waals surface area contributed by atoms with Crippen molar-refractivity contribution in [3.8, 4) is 16.9 Å². The van der Waals surface area contributed by atoms with Crippen LogP contribution in [-0.4, -0.2) is 23.5 Å². The van der Waals surface area contributed by atoms with Gasteiger partial charge < -0.3 is 15.0 Å². The van der Waals surface area contributed by atoms with Crippen LogP contribution >= 0.6 is 11.6 Å². The van der Waals surface area contributed by atoms with Gasteiger partial charge in [0, 0.05) is 40.7 Å². The zero-order valence-electron chi connectivity index (χ0n) is 13.9. The molecule has 0 spiro atoms. The maximum atomic E-state index is 11.5. The van der Waals surface area contributed by atoms with Gasteiger partial charge in [-0.05, 0) is 41.3 Å². The number of aromatic nitrogens is 1. The van der Waals surface area contributed by atoms with Crippen LogP contribution < -0.4 is 10.1 Å². The molecule has 0 fully saturated rings. The Bertz CT molecular complexity index is 948. The summed E-state index contributed by atoms with van der Waals surface area (Å²) in [5.41, 5.74) is 4.26. The fraction of sp³-hybridized carbons (Fsp3) is 0.250. The molecule has 2 heterocycles. The Labute approximate surface area is 151 Å². The minimum Gasteiger partial charge on any atom is -0.487 e. The fourth-order valence-corrected chi connectivity index (χ4v) is 3.54. The van der Waals surface area contributed by atoms with Crippen LogP contribution in [0.4, 0.5) is 0 Å². The maximum absolute atomic E-state index is 11.5. The molecule has 0 radical (unpaired) electrons. The van der Waals surface area contributed by atoms with Crippen LogP contribution in [0.2, 0.25) is 5.02 Å². The number of rotatable bonds is 4. The van der Waals surface area contributed by atoms with Gasteiger partial charge in [-0.15, -0.1) is 0 Å². The summed E-state index contributed by atoms with van der Waals surface area (Å²) in [5, 5.41) is 4.75. The van der Waals surface area contributed by atoms with E-state index in [1.165, 1.54) is 0 Å². The molecule has 2 N–H and O–H groups in total. The Balaban J connectivity index is 1.66. The molecule has 128 valence electrons. The Kier molecular flexibility index (Phi) is 4.14. The highest BCUT2D eigenvalue weighted by Gasteiger charge is 2.27. The number of hydrogen-bond donors (Lipinski definition) is 2. The summed E-state index contributed by atoms with van der Waals surface area (Å²) in [4.78, 5) is 14.7. The smallest absolute Gasteiger partial charge is 0.219 e. The van der Waals surface area contributed by atoms with E-state index < -0.39 is 0 Å². The Morgan fingerprint density at radius 1 is 1.32 bits per heavy atom. The number of fused-ring (bicyclic) bond motifs is 2. The minimum atomic E-state index is -0.0568.